The van der Waals surface area contributed by atoms with Crippen LogP contribution in [0.25, 0.3) is 0 Å². The Balaban J connectivity index is 2.20. The zero-order valence-corrected chi connectivity index (χ0v) is 10.3. The number of carbonyl (C=O) groups excluding carboxylic acids is 1. The van der Waals surface area contributed by atoms with E-state index in [9.17, 15) is 18.0 Å². The Hall–Kier alpha value is -2.44. The number of amides is 1. The van der Waals surface area contributed by atoms with Crippen LogP contribution in [-0.2, 0) is 6.54 Å². The fourth-order valence-electron chi connectivity index (χ4n) is 1.75. The summed E-state index contributed by atoms with van der Waals surface area (Å²) < 4.78 is 39.3. The Morgan fingerprint density at radius 2 is 2.10 bits per heavy atom. The minimum Gasteiger partial charge on any atom is -0.399 e. The lowest BCUT2D eigenvalue weighted by Gasteiger charge is -2.10. The van der Waals surface area contributed by atoms with Gasteiger partial charge < -0.3 is 15.6 Å². The van der Waals surface area contributed by atoms with Gasteiger partial charge in [-0.1, -0.05) is 0 Å². The Kier molecular flexibility index (Phi) is 3.97. The molecule has 0 radical (unpaired) electrons. The number of rotatable bonds is 4. The van der Waals surface area contributed by atoms with E-state index in [0.717, 1.165) is 10.6 Å². The molecule has 0 bridgehead atoms. The van der Waals surface area contributed by atoms with Crippen molar-refractivity contribution in [2.45, 2.75) is 13.0 Å². The number of nitrogens with two attached hydrogens (primary N) is 1. The molecule has 0 unspecified atom stereocenters. The molecule has 0 saturated carbocycles. The highest BCUT2D eigenvalue weighted by Gasteiger charge is 2.15. The maximum absolute atomic E-state index is 13.5. The SMILES string of the molecule is Nc1ccc(F)c(NC(=O)c2cccn2CC(F)F)c1. The molecule has 1 aromatic heterocycles. The molecule has 0 aliphatic carbocycles. The minimum atomic E-state index is -2.59. The third-order valence-corrected chi connectivity index (χ3v) is 2.64. The number of nitrogens with zero attached hydrogens (tertiary/aromatic N) is 1. The highest BCUT2D eigenvalue weighted by Crippen LogP contribution is 2.18. The highest BCUT2D eigenvalue weighted by atomic mass is 19.3. The maximum atomic E-state index is 13.5. The predicted octanol–water partition coefficient (Wildman–Crippen LogP) is 2.73. The summed E-state index contributed by atoms with van der Waals surface area (Å²) in [5.41, 5.74) is 5.70. The van der Waals surface area contributed by atoms with E-state index in [1.807, 2.05) is 0 Å². The lowest BCUT2D eigenvalue weighted by atomic mass is 10.2. The Morgan fingerprint density at radius 1 is 1.35 bits per heavy atom. The number of aromatic nitrogens is 1. The van der Waals surface area contributed by atoms with Gasteiger partial charge in [0.1, 0.15) is 11.5 Å². The van der Waals surface area contributed by atoms with E-state index in [1.54, 1.807) is 0 Å². The van der Waals surface area contributed by atoms with Crippen LogP contribution in [0, 0.1) is 5.82 Å². The van der Waals surface area contributed by atoms with Gasteiger partial charge in [-0.3, -0.25) is 4.79 Å². The second-order valence-corrected chi connectivity index (χ2v) is 4.13. The second kappa shape index (κ2) is 5.68. The zero-order chi connectivity index (χ0) is 14.7. The predicted molar refractivity (Wildman–Crippen MR) is 69.2 cm³/mol. The highest BCUT2D eigenvalue weighted by molar-refractivity contribution is 6.03. The van der Waals surface area contributed by atoms with Crippen molar-refractivity contribution < 1.29 is 18.0 Å². The van der Waals surface area contributed by atoms with E-state index in [0.29, 0.717) is 0 Å². The average Bonchev–Trinajstić information content (AvgIpc) is 2.81. The van der Waals surface area contributed by atoms with Gasteiger partial charge in [0.2, 0.25) is 0 Å². The van der Waals surface area contributed by atoms with Gasteiger partial charge in [0.15, 0.2) is 0 Å². The van der Waals surface area contributed by atoms with E-state index in [4.69, 9.17) is 5.73 Å². The van der Waals surface area contributed by atoms with Crippen molar-refractivity contribution in [1.29, 1.82) is 0 Å². The molecule has 2 aromatic rings. The molecule has 3 N–H and O–H groups in total. The summed E-state index contributed by atoms with van der Waals surface area (Å²) in [6, 6.07) is 6.57. The largest absolute Gasteiger partial charge is 0.399 e. The summed E-state index contributed by atoms with van der Waals surface area (Å²) in [6.07, 6.45) is -1.23. The summed E-state index contributed by atoms with van der Waals surface area (Å²) in [4.78, 5) is 12.0. The molecule has 0 atom stereocenters. The van der Waals surface area contributed by atoms with Gasteiger partial charge in [-0.05, 0) is 30.3 Å². The normalized spacial score (nSPS) is 10.8. The van der Waals surface area contributed by atoms with Crippen LogP contribution in [0.1, 0.15) is 10.5 Å². The summed E-state index contributed by atoms with van der Waals surface area (Å²) in [5, 5.41) is 2.31. The Labute approximate surface area is 113 Å². The summed E-state index contributed by atoms with van der Waals surface area (Å²) in [7, 11) is 0. The van der Waals surface area contributed by atoms with E-state index >= 15 is 0 Å². The molecule has 106 valence electrons. The number of hydrogen-bond donors (Lipinski definition) is 2. The van der Waals surface area contributed by atoms with Crippen LogP contribution in [0.4, 0.5) is 24.5 Å². The molecule has 2 rings (SSSR count). The first-order valence-corrected chi connectivity index (χ1v) is 5.77. The van der Waals surface area contributed by atoms with Crippen LogP contribution in [0.15, 0.2) is 36.5 Å². The molecule has 20 heavy (non-hydrogen) atoms. The molecule has 0 aliphatic heterocycles. The van der Waals surface area contributed by atoms with Crippen molar-refractivity contribution in [3.8, 4) is 0 Å². The monoisotopic (exact) mass is 283 g/mol. The molecule has 7 heteroatoms. The molecular formula is C13H12F3N3O. The number of benzene rings is 1. The third-order valence-electron chi connectivity index (χ3n) is 2.64. The molecule has 1 heterocycles. The van der Waals surface area contributed by atoms with Gasteiger partial charge in [-0.15, -0.1) is 0 Å². The van der Waals surface area contributed by atoms with Crippen LogP contribution in [0.3, 0.4) is 0 Å². The van der Waals surface area contributed by atoms with Crippen LogP contribution in [0.5, 0.6) is 0 Å². The van der Waals surface area contributed by atoms with Crippen LogP contribution >= 0.6 is 0 Å². The fraction of sp³-hybridized carbons (Fsp3) is 0.154. The van der Waals surface area contributed by atoms with Crippen molar-refractivity contribution in [2.75, 3.05) is 11.1 Å². The molecule has 0 saturated heterocycles. The molecule has 1 aromatic carbocycles. The third kappa shape index (κ3) is 3.11. The van der Waals surface area contributed by atoms with E-state index in [1.165, 1.54) is 30.5 Å². The maximum Gasteiger partial charge on any atom is 0.272 e. The summed E-state index contributed by atoms with van der Waals surface area (Å²) >= 11 is 0. The van der Waals surface area contributed by atoms with Crippen LogP contribution in [0.2, 0.25) is 0 Å². The number of nitrogens with one attached hydrogen (secondary N) is 1. The number of hydrogen-bond acceptors (Lipinski definition) is 2. The van der Waals surface area contributed by atoms with Crippen LogP contribution < -0.4 is 11.1 Å². The first-order chi connectivity index (χ1) is 9.47. The summed E-state index contributed by atoms with van der Waals surface area (Å²) in [5.74, 6) is -1.33. The summed E-state index contributed by atoms with van der Waals surface area (Å²) in [6.45, 7) is -0.602. The molecule has 4 nitrogen and oxygen atoms in total. The van der Waals surface area contributed by atoms with Gasteiger partial charge >= 0.3 is 0 Å². The standard InChI is InChI=1S/C13H12F3N3O/c14-9-4-3-8(17)6-10(9)18-13(20)11-2-1-5-19(11)7-12(15)16/h1-6,12H,7,17H2,(H,18,20). The van der Waals surface area contributed by atoms with Crippen molar-refractivity contribution in [2.24, 2.45) is 0 Å². The van der Waals surface area contributed by atoms with Gasteiger partial charge in [-0.25, -0.2) is 13.2 Å². The van der Waals surface area contributed by atoms with Crippen LogP contribution in [-0.4, -0.2) is 16.9 Å². The molecule has 0 spiro atoms. The fourth-order valence-corrected chi connectivity index (χ4v) is 1.75. The zero-order valence-electron chi connectivity index (χ0n) is 10.3. The first kappa shape index (κ1) is 14.0. The van der Waals surface area contributed by atoms with Crippen molar-refractivity contribution >= 4 is 17.3 Å². The number of alkyl halides is 2. The molecule has 0 aliphatic rings. The molecule has 0 fully saturated rings. The first-order valence-electron chi connectivity index (χ1n) is 5.77. The number of carbonyl (C=O) groups is 1. The lowest BCUT2D eigenvalue weighted by molar-refractivity contribution is 0.0997. The lowest BCUT2D eigenvalue weighted by Crippen LogP contribution is -2.19. The van der Waals surface area contributed by atoms with Crippen molar-refractivity contribution in [3.05, 3.63) is 48.0 Å². The molecular weight excluding hydrogens is 271 g/mol. The Bertz CT molecular complexity index is 625. The minimum absolute atomic E-state index is 0.0205. The Morgan fingerprint density at radius 3 is 2.80 bits per heavy atom. The number of halogens is 3. The van der Waals surface area contributed by atoms with E-state index in [2.05, 4.69) is 5.32 Å². The van der Waals surface area contributed by atoms with Gasteiger partial charge in [0.25, 0.3) is 12.3 Å². The van der Waals surface area contributed by atoms with Crippen molar-refractivity contribution in [1.82, 2.24) is 4.57 Å². The van der Waals surface area contributed by atoms with E-state index < -0.39 is 24.7 Å². The smallest absolute Gasteiger partial charge is 0.272 e. The number of nitrogen functional groups attached to an aromatic ring is 1. The van der Waals surface area contributed by atoms with Gasteiger partial charge in [0, 0.05) is 11.9 Å². The quantitative estimate of drug-likeness (QED) is 0.848. The topological polar surface area (TPSA) is 60.0 Å². The van der Waals surface area contributed by atoms with Gasteiger partial charge in [0.05, 0.1) is 12.2 Å². The van der Waals surface area contributed by atoms with Gasteiger partial charge in [-0.2, -0.15) is 0 Å². The number of anilines is 2. The van der Waals surface area contributed by atoms with Crippen molar-refractivity contribution in [3.63, 3.8) is 0 Å². The van der Waals surface area contributed by atoms with E-state index in [-0.39, 0.29) is 17.1 Å². The second-order valence-electron chi connectivity index (χ2n) is 4.13. The molecule has 1 amide bonds. The average molecular weight is 283 g/mol.